The standard InChI is InChI=1S/C21H27NOSi/c1-16-17-13-18(14-17)22-21(16)15-23-24(2,19-9-5-3-6-10-19)20-11-7-4-8-12-20/h3-12,16-18,21-22H,13-15H2,1-2H3. The lowest BCUT2D eigenvalue weighted by atomic mass is 9.66. The maximum Gasteiger partial charge on any atom is 0.252 e. The van der Waals surface area contributed by atoms with Gasteiger partial charge in [-0.25, -0.2) is 0 Å². The molecular formula is C21H27NOSi. The van der Waals surface area contributed by atoms with Crippen molar-refractivity contribution >= 4 is 18.7 Å². The van der Waals surface area contributed by atoms with Crippen molar-refractivity contribution in [1.29, 1.82) is 0 Å². The average Bonchev–Trinajstić information content (AvgIpc) is 2.61. The summed E-state index contributed by atoms with van der Waals surface area (Å²) in [6, 6.07) is 22.8. The largest absolute Gasteiger partial charge is 0.407 e. The van der Waals surface area contributed by atoms with Crippen LogP contribution in [-0.4, -0.2) is 27.0 Å². The van der Waals surface area contributed by atoms with Gasteiger partial charge in [-0.1, -0.05) is 67.6 Å². The molecule has 0 aromatic heterocycles. The molecule has 0 spiro atoms. The fourth-order valence-corrected chi connectivity index (χ4v) is 7.15. The van der Waals surface area contributed by atoms with Crippen LogP contribution < -0.4 is 15.7 Å². The minimum atomic E-state index is -2.16. The van der Waals surface area contributed by atoms with E-state index in [0.29, 0.717) is 6.04 Å². The van der Waals surface area contributed by atoms with Crippen molar-refractivity contribution in [2.75, 3.05) is 6.61 Å². The van der Waals surface area contributed by atoms with Crippen LogP contribution in [0.5, 0.6) is 0 Å². The van der Waals surface area contributed by atoms with Crippen LogP contribution in [0.25, 0.3) is 0 Å². The summed E-state index contributed by atoms with van der Waals surface area (Å²) >= 11 is 0. The van der Waals surface area contributed by atoms with Crippen molar-refractivity contribution < 1.29 is 4.43 Å². The first-order valence-electron chi connectivity index (χ1n) is 9.18. The van der Waals surface area contributed by atoms with Gasteiger partial charge in [0.15, 0.2) is 0 Å². The van der Waals surface area contributed by atoms with E-state index in [0.717, 1.165) is 24.5 Å². The van der Waals surface area contributed by atoms with Crippen LogP contribution in [0.2, 0.25) is 6.55 Å². The first-order chi connectivity index (χ1) is 11.7. The number of rotatable bonds is 5. The molecule has 1 saturated carbocycles. The van der Waals surface area contributed by atoms with Crippen molar-refractivity contribution in [3.05, 3.63) is 60.7 Å². The van der Waals surface area contributed by atoms with Gasteiger partial charge in [-0.2, -0.15) is 0 Å². The van der Waals surface area contributed by atoms with Gasteiger partial charge < -0.3 is 9.74 Å². The second-order valence-corrected chi connectivity index (χ2v) is 11.1. The molecule has 2 aromatic rings. The second-order valence-electron chi connectivity index (χ2n) is 7.64. The van der Waals surface area contributed by atoms with Crippen LogP contribution in [0.15, 0.2) is 60.7 Å². The molecule has 2 bridgehead atoms. The molecule has 2 nitrogen and oxygen atoms in total. The Bertz CT molecular complexity index is 629. The quantitative estimate of drug-likeness (QED) is 0.847. The van der Waals surface area contributed by atoms with E-state index in [2.05, 4.69) is 79.5 Å². The lowest BCUT2D eigenvalue weighted by Crippen LogP contribution is -2.64. The molecule has 2 unspecified atom stereocenters. The first-order valence-corrected chi connectivity index (χ1v) is 11.6. The maximum atomic E-state index is 6.76. The number of hydrogen-bond acceptors (Lipinski definition) is 2. The van der Waals surface area contributed by atoms with Crippen molar-refractivity contribution in [2.24, 2.45) is 11.8 Å². The van der Waals surface area contributed by atoms with Crippen LogP contribution >= 0.6 is 0 Å². The SMILES string of the molecule is CC1C2CC(C2)NC1CO[Si](C)(c1ccccc1)c1ccccc1. The summed E-state index contributed by atoms with van der Waals surface area (Å²) in [6.45, 7) is 5.55. The summed E-state index contributed by atoms with van der Waals surface area (Å²) in [5.41, 5.74) is 0. The van der Waals surface area contributed by atoms with Gasteiger partial charge in [0.25, 0.3) is 8.32 Å². The van der Waals surface area contributed by atoms with Crippen molar-refractivity contribution in [2.45, 2.75) is 38.4 Å². The first kappa shape index (κ1) is 16.1. The van der Waals surface area contributed by atoms with Gasteiger partial charge in [0.05, 0.1) is 6.61 Å². The molecular weight excluding hydrogens is 310 g/mol. The smallest absolute Gasteiger partial charge is 0.252 e. The van der Waals surface area contributed by atoms with Gasteiger partial charge >= 0.3 is 0 Å². The third-order valence-corrected chi connectivity index (χ3v) is 9.82. The molecule has 2 saturated heterocycles. The maximum absolute atomic E-state index is 6.76. The van der Waals surface area contributed by atoms with E-state index in [-0.39, 0.29) is 0 Å². The third-order valence-electron chi connectivity index (χ3n) is 6.20. The topological polar surface area (TPSA) is 21.3 Å². The highest BCUT2D eigenvalue weighted by Crippen LogP contribution is 2.40. The molecule has 1 N–H and O–H groups in total. The van der Waals surface area contributed by atoms with Crippen LogP contribution in [0, 0.1) is 11.8 Å². The zero-order valence-corrected chi connectivity index (χ0v) is 15.6. The van der Waals surface area contributed by atoms with Gasteiger partial charge in [0.1, 0.15) is 0 Å². The van der Waals surface area contributed by atoms with Gasteiger partial charge in [-0.3, -0.25) is 0 Å². The molecule has 2 aliphatic heterocycles. The fourth-order valence-electron chi connectivity index (χ4n) is 4.31. The Morgan fingerprint density at radius 3 is 2.00 bits per heavy atom. The zero-order chi connectivity index (χ0) is 16.6. The summed E-state index contributed by atoms with van der Waals surface area (Å²) in [4.78, 5) is 0. The Morgan fingerprint density at radius 2 is 1.50 bits per heavy atom. The number of fused-ring (bicyclic) bond motifs is 2. The van der Waals surface area contributed by atoms with Gasteiger partial charge in [0, 0.05) is 12.1 Å². The average molecular weight is 338 g/mol. The van der Waals surface area contributed by atoms with Crippen molar-refractivity contribution in [1.82, 2.24) is 5.32 Å². The summed E-state index contributed by atoms with van der Waals surface area (Å²) in [6.07, 6.45) is 2.73. The highest BCUT2D eigenvalue weighted by Gasteiger charge is 2.44. The van der Waals surface area contributed by atoms with Gasteiger partial charge in [-0.15, -0.1) is 0 Å². The molecule has 24 heavy (non-hydrogen) atoms. The summed E-state index contributed by atoms with van der Waals surface area (Å²) in [5, 5.41) is 6.51. The molecule has 3 heteroatoms. The summed E-state index contributed by atoms with van der Waals surface area (Å²) < 4.78 is 6.76. The van der Waals surface area contributed by atoms with E-state index in [1.165, 1.54) is 23.2 Å². The Kier molecular flexibility index (Phi) is 4.33. The van der Waals surface area contributed by atoms with Crippen LogP contribution in [0.1, 0.15) is 19.8 Å². The monoisotopic (exact) mass is 337 g/mol. The van der Waals surface area contributed by atoms with Gasteiger partial charge in [-0.05, 0) is 41.6 Å². The number of piperidine rings is 2. The Labute approximate surface area is 146 Å². The van der Waals surface area contributed by atoms with E-state index in [1.807, 2.05) is 0 Å². The van der Waals surface area contributed by atoms with Crippen LogP contribution in [0.3, 0.4) is 0 Å². The molecule has 5 rings (SSSR count). The normalized spacial score (nSPS) is 29.1. The molecule has 0 radical (unpaired) electrons. The van der Waals surface area contributed by atoms with Crippen molar-refractivity contribution in [3.8, 4) is 0 Å². The van der Waals surface area contributed by atoms with Gasteiger partial charge in [0.2, 0.25) is 0 Å². The van der Waals surface area contributed by atoms with Crippen LogP contribution in [0.4, 0.5) is 0 Å². The predicted octanol–water partition coefficient (Wildman–Crippen LogP) is 2.78. The molecule has 2 heterocycles. The highest BCUT2D eigenvalue weighted by atomic mass is 28.4. The van der Waals surface area contributed by atoms with Crippen molar-refractivity contribution in [3.63, 3.8) is 0 Å². The van der Waals surface area contributed by atoms with E-state index in [4.69, 9.17) is 4.43 Å². The zero-order valence-electron chi connectivity index (χ0n) is 14.6. The summed E-state index contributed by atoms with van der Waals surface area (Å²) in [5.74, 6) is 1.63. The number of benzene rings is 2. The number of nitrogens with one attached hydrogen (secondary N) is 1. The molecule has 2 aromatic carbocycles. The molecule has 126 valence electrons. The molecule has 3 aliphatic rings. The lowest BCUT2D eigenvalue weighted by molar-refractivity contribution is 0.0327. The lowest BCUT2D eigenvalue weighted by Gasteiger charge is -2.51. The minimum absolute atomic E-state index is 0.502. The third kappa shape index (κ3) is 2.85. The highest BCUT2D eigenvalue weighted by molar-refractivity contribution is 6.96. The second kappa shape index (κ2) is 6.47. The van der Waals surface area contributed by atoms with E-state index in [1.54, 1.807) is 0 Å². The van der Waals surface area contributed by atoms with E-state index >= 15 is 0 Å². The predicted molar refractivity (Wildman–Crippen MR) is 102 cm³/mol. The molecule has 1 aliphatic carbocycles. The Morgan fingerprint density at radius 1 is 0.958 bits per heavy atom. The molecule has 2 atom stereocenters. The Hall–Kier alpha value is -1.42. The minimum Gasteiger partial charge on any atom is -0.407 e. The molecule has 3 fully saturated rings. The fraction of sp³-hybridized carbons (Fsp3) is 0.429. The molecule has 0 amide bonds. The number of hydrogen-bond donors (Lipinski definition) is 1. The van der Waals surface area contributed by atoms with Crippen LogP contribution in [-0.2, 0) is 4.43 Å². The van der Waals surface area contributed by atoms with E-state index < -0.39 is 8.32 Å². The van der Waals surface area contributed by atoms with E-state index in [9.17, 15) is 0 Å². The summed E-state index contributed by atoms with van der Waals surface area (Å²) in [7, 11) is -2.16. The Balaban J connectivity index is 1.57.